The molecule has 2 N–H and O–H groups in total. The molecule has 4 rings (SSSR count). The van der Waals surface area contributed by atoms with Gasteiger partial charge in [0.1, 0.15) is 6.61 Å². The highest BCUT2D eigenvalue weighted by Crippen LogP contribution is 2.33. The molecule has 0 saturated carbocycles. The number of aliphatic imine (C=N–C) groups is 2. The fourth-order valence-electron chi connectivity index (χ4n) is 3.55. The van der Waals surface area contributed by atoms with Crippen LogP contribution in [0.25, 0.3) is 0 Å². The van der Waals surface area contributed by atoms with Crippen LogP contribution in [0, 0.1) is 30.2 Å². The molecular weight excluding hydrogens is 446 g/mol. The lowest BCUT2D eigenvalue weighted by Crippen LogP contribution is -2.61. The molecular formula is C21H19F4N5O3. The van der Waals surface area contributed by atoms with E-state index >= 15 is 0 Å². The number of amides is 2. The van der Waals surface area contributed by atoms with Gasteiger partial charge in [-0.3, -0.25) is 15.1 Å². The van der Waals surface area contributed by atoms with Gasteiger partial charge in [-0.25, -0.2) is 32.3 Å². The van der Waals surface area contributed by atoms with E-state index in [1.165, 1.54) is 29.0 Å². The molecule has 2 heterocycles. The molecule has 8 nitrogen and oxygen atoms in total. The van der Waals surface area contributed by atoms with Gasteiger partial charge in [0.05, 0.1) is 24.9 Å². The number of fused-ring (bicyclic) bond motifs is 1. The van der Waals surface area contributed by atoms with Crippen LogP contribution in [-0.4, -0.2) is 59.7 Å². The van der Waals surface area contributed by atoms with Crippen LogP contribution in [0.4, 0.5) is 28.0 Å². The molecule has 0 spiro atoms. The standard InChI is InChI=1S/C21H19F4N5O3/c1-10-5-12(22)17(33-4-3-31)8-15(10)27-19-28-21(32)29(2)20-26-9-16(30(19)20)11-6-13(23)18(25)14(24)7-11/h5-8,16,31H,3-4,9H2,1-2H3,(H,27,28,32). The molecule has 33 heavy (non-hydrogen) atoms. The minimum atomic E-state index is -1.59. The monoisotopic (exact) mass is 465 g/mol. The van der Waals surface area contributed by atoms with Crippen molar-refractivity contribution < 1.29 is 32.2 Å². The number of hydrogen-bond acceptors (Lipinski definition) is 5. The maximum atomic E-state index is 14.2. The highest BCUT2D eigenvalue weighted by Gasteiger charge is 2.41. The Bertz CT molecular complexity index is 1160. The minimum absolute atomic E-state index is 0.0193. The normalized spacial score (nSPS) is 19.0. The average molecular weight is 465 g/mol. The molecule has 1 saturated heterocycles. The number of aryl methyl sites for hydroxylation is 1. The SMILES string of the molecule is Cc1cc(F)c(OCCO)cc1N=C1NC(=O)N(C)C2=NCC(c3cc(F)c(F)c(F)c3)N12. The highest BCUT2D eigenvalue weighted by molar-refractivity contribution is 6.16. The Hall–Kier alpha value is -3.67. The molecule has 2 aromatic rings. The van der Waals surface area contributed by atoms with E-state index in [4.69, 9.17) is 9.84 Å². The van der Waals surface area contributed by atoms with E-state index in [1.54, 1.807) is 6.92 Å². The molecule has 0 aliphatic carbocycles. The lowest BCUT2D eigenvalue weighted by molar-refractivity contribution is 0.196. The average Bonchev–Trinajstić information content (AvgIpc) is 3.22. The topological polar surface area (TPSA) is 89.8 Å². The summed E-state index contributed by atoms with van der Waals surface area (Å²) in [6.07, 6.45) is 0. The van der Waals surface area contributed by atoms with E-state index in [9.17, 15) is 22.4 Å². The predicted molar refractivity (Wildman–Crippen MR) is 110 cm³/mol. The van der Waals surface area contributed by atoms with Gasteiger partial charge in [0.25, 0.3) is 0 Å². The third-order valence-electron chi connectivity index (χ3n) is 5.20. The molecule has 2 aromatic carbocycles. The van der Waals surface area contributed by atoms with E-state index in [-0.39, 0.29) is 48.7 Å². The number of aliphatic hydroxyl groups is 1. The Morgan fingerprint density at radius 1 is 1.18 bits per heavy atom. The van der Waals surface area contributed by atoms with Crippen LogP contribution in [0.1, 0.15) is 17.2 Å². The third kappa shape index (κ3) is 4.09. The van der Waals surface area contributed by atoms with Gasteiger partial charge in [0.2, 0.25) is 11.9 Å². The summed E-state index contributed by atoms with van der Waals surface area (Å²) in [7, 11) is 1.45. The molecule has 0 radical (unpaired) electrons. The number of halogens is 4. The predicted octanol–water partition coefficient (Wildman–Crippen LogP) is 2.98. The van der Waals surface area contributed by atoms with E-state index in [1.807, 2.05) is 0 Å². The van der Waals surface area contributed by atoms with Crippen molar-refractivity contribution in [1.29, 1.82) is 0 Å². The first-order valence-electron chi connectivity index (χ1n) is 9.86. The first kappa shape index (κ1) is 22.5. The Kier molecular flexibility index (Phi) is 5.93. The van der Waals surface area contributed by atoms with Gasteiger partial charge in [-0.1, -0.05) is 0 Å². The summed E-state index contributed by atoms with van der Waals surface area (Å²) in [5, 5.41) is 11.5. The van der Waals surface area contributed by atoms with Crippen molar-refractivity contribution in [2.45, 2.75) is 13.0 Å². The van der Waals surface area contributed by atoms with Crippen molar-refractivity contribution in [3.05, 3.63) is 58.7 Å². The number of carbonyl (C=O) groups is 1. The number of nitrogens with zero attached hydrogens (tertiary/aromatic N) is 4. The zero-order chi connectivity index (χ0) is 23.9. The Balaban J connectivity index is 1.78. The molecule has 2 aliphatic rings. The lowest BCUT2D eigenvalue weighted by atomic mass is 10.1. The van der Waals surface area contributed by atoms with E-state index in [0.717, 1.165) is 12.1 Å². The quantitative estimate of drug-likeness (QED) is 0.525. The van der Waals surface area contributed by atoms with Crippen LogP contribution in [-0.2, 0) is 0 Å². The van der Waals surface area contributed by atoms with Crippen LogP contribution in [0.5, 0.6) is 5.75 Å². The summed E-state index contributed by atoms with van der Waals surface area (Å²) in [5.41, 5.74) is 0.744. The fraction of sp³-hybridized carbons (Fsp3) is 0.286. The van der Waals surface area contributed by atoms with Crippen LogP contribution in [0.2, 0.25) is 0 Å². The van der Waals surface area contributed by atoms with Crippen LogP contribution in [0.3, 0.4) is 0 Å². The van der Waals surface area contributed by atoms with Gasteiger partial charge in [0, 0.05) is 13.1 Å². The second-order valence-corrected chi connectivity index (χ2v) is 7.39. The molecule has 0 aromatic heterocycles. The number of guanidine groups is 2. The molecule has 12 heteroatoms. The number of rotatable bonds is 5. The number of carbonyl (C=O) groups excluding carboxylic acids is 1. The van der Waals surface area contributed by atoms with Crippen LogP contribution < -0.4 is 10.1 Å². The molecule has 1 fully saturated rings. The Morgan fingerprint density at radius 2 is 1.88 bits per heavy atom. The first-order chi connectivity index (χ1) is 15.7. The molecule has 1 atom stereocenters. The van der Waals surface area contributed by atoms with Crippen LogP contribution in [0.15, 0.2) is 34.3 Å². The van der Waals surface area contributed by atoms with Gasteiger partial charge in [-0.2, -0.15) is 0 Å². The van der Waals surface area contributed by atoms with Crippen molar-refractivity contribution in [1.82, 2.24) is 15.1 Å². The van der Waals surface area contributed by atoms with E-state index in [0.29, 0.717) is 5.56 Å². The fourth-order valence-corrected chi connectivity index (χ4v) is 3.55. The van der Waals surface area contributed by atoms with E-state index < -0.39 is 35.3 Å². The molecule has 2 amide bonds. The molecule has 2 aliphatic heterocycles. The summed E-state index contributed by atoms with van der Waals surface area (Å²) in [5.74, 6) is -4.96. The van der Waals surface area contributed by atoms with Gasteiger partial charge in [-0.15, -0.1) is 0 Å². The van der Waals surface area contributed by atoms with Gasteiger partial charge >= 0.3 is 6.03 Å². The number of hydrogen-bond donors (Lipinski definition) is 2. The summed E-state index contributed by atoms with van der Waals surface area (Å²) in [4.78, 5) is 23.8. The summed E-state index contributed by atoms with van der Waals surface area (Å²) < 4.78 is 60.6. The lowest BCUT2D eigenvalue weighted by Gasteiger charge is -2.36. The van der Waals surface area contributed by atoms with Crippen molar-refractivity contribution in [3.8, 4) is 5.75 Å². The van der Waals surface area contributed by atoms with Crippen molar-refractivity contribution in [2.75, 3.05) is 26.8 Å². The van der Waals surface area contributed by atoms with Crippen molar-refractivity contribution >= 4 is 23.6 Å². The van der Waals surface area contributed by atoms with E-state index in [2.05, 4.69) is 15.3 Å². The summed E-state index contributed by atoms with van der Waals surface area (Å²) in [6, 6.07) is 2.86. The number of urea groups is 1. The summed E-state index contributed by atoms with van der Waals surface area (Å²) in [6.45, 7) is 1.16. The number of ether oxygens (including phenoxy) is 1. The van der Waals surface area contributed by atoms with Gasteiger partial charge in [-0.05, 0) is 36.2 Å². The zero-order valence-electron chi connectivity index (χ0n) is 17.6. The molecule has 0 bridgehead atoms. The first-order valence-corrected chi connectivity index (χ1v) is 9.86. The largest absolute Gasteiger partial charge is 0.488 e. The molecule has 174 valence electrons. The van der Waals surface area contributed by atoms with Gasteiger partial charge in [0.15, 0.2) is 29.0 Å². The maximum Gasteiger partial charge on any atom is 0.330 e. The number of aliphatic hydroxyl groups excluding tert-OH is 1. The van der Waals surface area contributed by atoms with Gasteiger partial charge < -0.3 is 9.84 Å². The smallest absolute Gasteiger partial charge is 0.330 e. The Morgan fingerprint density at radius 3 is 2.55 bits per heavy atom. The van der Waals surface area contributed by atoms with Crippen molar-refractivity contribution in [3.63, 3.8) is 0 Å². The minimum Gasteiger partial charge on any atom is -0.488 e. The summed E-state index contributed by atoms with van der Waals surface area (Å²) >= 11 is 0. The number of benzene rings is 2. The Labute approximate surface area is 185 Å². The van der Waals surface area contributed by atoms with Crippen molar-refractivity contribution in [2.24, 2.45) is 9.98 Å². The second-order valence-electron chi connectivity index (χ2n) is 7.39. The maximum absolute atomic E-state index is 14.2. The highest BCUT2D eigenvalue weighted by atomic mass is 19.2. The third-order valence-corrected chi connectivity index (χ3v) is 5.20. The second kappa shape index (κ2) is 8.70. The molecule has 1 unspecified atom stereocenters. The number of nitrogens with one attached hydrogen (secondary N) is 1. The van der Waals surface area contributed by atoms with Crippen LogP contribution >= 0.6 is 0 Å². The zero-order valence-corrected chi connectivity index (χ0v) is 17.6.